The normalized spacial score (nSPS) is 13.3. The first-order chi connectivity index (χ1) is 9.31. The average Bonchev–Trinajstić information content (AvgIpc) is 2.81. The number of rotatable bonds is 8. The summed E-state index contributed by atoms with van der Waals surface area (Å²) in [6.07, 6.45) is 0.688. The van der Waals surface area contributed by atoms with Crippen molar-refractivity contribution in [1.82, 2.24) is 9.29 Å². The van der Waals surface area contributed by atoms with Crippen molar-refractivity contribution >= 4 is 16.0 Å². The van der Waals surface area contributed by atoms with Crippen LogP contribution in [-0.2, 0) is 16.6 Å². The highest BCUT2D eigenvalue weighted by Crippen LogP contribution is 2.15. The first kappa shape index (κ1) is 16.6. The molecule has 1 heterocycles. The van der Waals surface area contributed by atoms with Crippen LogP contribution in [0, 0.1) is 0 Å². The number of nitrogens with one attached hydrogen (secondary N) is 1. The summed E-state index contributed by atoms with van der Waals surface area (Å²) in [5.74, 6) is -1.21. The van der Waals surface area contributed by atoms with Gasteiger partial charge in [0.15, 0.2) is 0 Å². The number of hydrogen-bond donors (Lipinski definition) is 4. The molecule has 9 heteroatoms. The van der Waals surface area contributed by atoms with E-state index >= 15 is 0 Å². The van der Waals surface area contributed by atoms with Gasteiger partial charge in [-0.15, -0.1) is 0 Å². The second kappa shape index (κ2) is 6.84. The summed E-state index contributed by atoms with van der Waals surface area (Å²) < 4.78 is 27.3. The third-order valence-corrected chi connectivity index (χ3v) is 3.98. The number of carbonyl (C=O) groups is 1. The topological polar surface area (TPSA) is 129 Å². The molecule has 4 N–H and O–H groups in total. The van der Waals surface area contributed by atoms with Gasteiger partial charge in [-0.25, -0.2) is 17.9 Å². The van der Waals surface area contributed by atoms with E-state index < -0.39 is 28.7 Å². The maximum atomic E-state index is 11.9. The lowest BCUT2D eigenvalue weighted by Gasteiger charge is -2.08. The number of aryl methyl sites for hydroxylation is 1. The van der Waals surface area contributed by atoms with Crippen LogP contribution in [0.3, 0.4) is 0 Å². The molecule has 1 unspecified atom stereocenters. The molecule has 0 fully saturated rings. The first-order valence-corrected chi connectivity index (χ1v) is 7.52. The number of aliphatic hydroxyl groups is 2. The molecule has 0 aliphatic heterocycles. The monoisotopic (exact) mass is 306 g/mol. The summed E-state index contributed by atoms with van der Waals surface area (Å²) in [5.41, 5.74) is -0.116. The van der Waals surface area contributed by atoms with Gasteiger partial charge in [0, 0.05) is 19.3 Å². The standard InChI is InChI=1S/C11H18N2O6S/c1-2-3-13-6-9(4-10(13)11(16)17)20(18,19)12-5-8(15)7-14/h4,6,8,12,14-15H,2-3,5,7H2,1H3,(H,16,17). The zero-order valence-electron chi connectivity index (χ0n) is 11.0. The zero-order valence-corrected chi connectivity index (χ0v) is 11.8. The van der Waals surface area contributed by atoms with E-state index in [1.54, 1.807) is 0 Å². The van der Waals surface area contributed by atoms with Crippen LogP contribution in [0.5, 0.6) is 0 Å². The van der Waals surface area contributed by atoms with E-state index in [1.807, 2.05) is 6.92 Å². The number of nitrogens with zero attached hydrogens (tertiary/aromatic N) is 1. The fraction of sp³-hybridized carbons (Fsp3) is 0.545. The number of aromatic carboxylic acids is 1. The third kappa shape index (κ3) is 4.04. The Balaban J connectivity index is 3.00. The highest BCUT2D eigenvalue weighted by molar-refractivity contribution is 7.89. The molecule has 0 saturated heterocycles. The van der Waals surface area contributed by atoms with Crippen LogP contribution >= 0.6 is 0 Å². The second-order valence-electron chi connectivity index (χ2n) is 4.25. The van der Waals surface area contributed by atoms with Gasteiger partial charge in [0.1, 0.15) is 10.6 Å². The van der Waals surface area contributed by atoms with Crippen molar-refractivity contribution < 1.29 is 28.5 Å². The zero-order chi connectivity index (χ0) is 15.3. The average molecular weight is 306 g/mol. The van der Waals surface area contributed by atoms with Crippen molar-refractivity contribution in [3.8, 4) is 0 Å². The maximum Gasteiger partial charge on any atom is 0.352 e. The fourth-order valence-corrected chi connectivity index (χ4v) is 2.70. The minimum Gasteiger partial charge on any atom is -0.477 e. The summed E-state index contributed by atoms with van der Waals surface area (Å²) in [5, 5.41) is 26.8. The third-order valence-electron chi connectivity index (χ3n) is 2.59. The van der Waals surface area contributed by atoms with Gasteiger partial charge < -0.3 is 19.9 Å². The molecule has 1 aromatic rings. The minimum absolute atomic E-state index is 0.116. The van der Waals surface area contributed by atoms with Crippen LogP contribution in [-0.4, -0.2) is 53.5 Å². The number of aliphatic hydroxyl groups excluding tert-OH is 2. The molecule has 0 bridgehead atoms. The maximum absolute atomic E-state index is 11.9. The van der Waals surface area contributed by atoms with Gasteiger partial charge >= 0.3 is 5.97 Å². The predicted molar refractivity (Wildman–Crippen MR) is 70.0 cm³/mol. The smallest absolute Gasteiger partial charge is 0.352 e. The molecule has 1 aromatic heterocycles. The predicted octanol–water partition coefficient (Wildman–Crippen LogP) is -0.772. The number of carboxylic acids is 1. The van der Waals surface area contributed by atoms with Crippen molar-refractivity contribution in [3.05, 3.63) is 18.0 Å². The largest absolute Gasteiger partial charge is 0.477 e. The van der Waals surface area contributed by atoms with Crippen LogP contribution < -0.4 is 4.72 Å². The Labute approximate surface area is 116 Å². The van der Waals surface area contributed by atoms with E-state index in [0.717, 1.165) is 6.07 Å². The quantitative estimate of drug-likeness (QED) is 0.499. The molecule has 20 heavy (non-hydrogen) atoms. The van der Waals surface area contributed by atoms with E-state index in [1.165, 1.54) is 10.8 Å². The van der Waals surface area contributed by atoms with Gasteiger partial charge in [-0.05, 0) is 12.5 Å². The number of aromatic nitrogens is 1. The summed E-state index contributed by atoms with van der Waals surface area (Å²) in [4.78, 5) is 10.9. The van der Waals surface area contributed by atoms with Crippen molar-refractivity contribution in [2.24, 2.45) is 0 Å². The molecular weight excluding hydrogens is 288 g/mol. The summed E-state index contributed by atoms with van der Waals surface area (Å²) >= 11 is 0. The van der Waals surface area contributed by atoms with Crippen LogP contribution in [0.1, 0.15) is 23.8 Å². The summed E-state index contributed by atoms with van der Waals surface area (Å²) in [7, 11) is -3.92. The van der Waals surface area contributed by atoms with E-state index in [-0.39, 0.29) is 17.1 Å². The molecular formula is C11H18N2O6S. The van der Waals surface area contributed by atoms with Gasteiger partial charge in [0.25, 0.3) is 0 Å². The van der Waals surface area contributed by atoms with Gasteiger partial charge in [-0.2, -0.15) is 0 Å². The molecule has 1 atom stereocenters. The highest BCUT2D eigenvalue weighted by atomic mass is 32.2. The van der Waals surface area contributed by atoms with Gasteiger partial charge in [-0.1, -0.05) is 6.92 Å². The fourth-order valence-electron chi connectivity index (χ4n) is 1.59. The Morgan fingerprint density at radius 1 is 1.50 bits per heavy atom. The molecule has 0 aliphatic carbocycles. The summed E-state index contributed by atoms with van der Waals surface area (Å²) in [6.45, 7) is 1.31. The highest BCUT2D eigenvalue weighted by Gasteiger charge is 2.21. The number of hydrogen-bond acceptors (Lipinski definition) is 5. The molecule has 0 spiro atoms. The molecule has 0 saturated carbocycles. The van der Waals surface area contributed by atoms with Crippen LogP contribution in [0.4, 0.5) is 0 Å². The van der Waals surface area contributed by atoms with Crippen LogP contribution in [0.25, 0.3) is 0 Å². The first-order valence-electron chi connectivity index (χ1n) is 6.03. The lowest BCUT2D eigenvalue weighted by atomic mass is 10.4. The van der Waals surface area contributed by atoms with E-state index in [4.69, 9.17) is 15.3 Å². The molecule has 0 aromatic carbocycles. The van der Waals surface area contributed by atoms with E-state index in [9.17, 15) is 13.2 Å². The number of carboxylic acid groups (broad SMARTS) is 1. The molecule has 1 rings (SSSR count). The minimum atomic E-state index is -3.92. The van der Waals surface area contributed by atoms with Crippen molar-refractivity contribution in [2.75, 3.05) is 13.2 Å². The molecule has 8 nitrogen and oxygen atoms in total. The van der Waals surface area contributed by atoms with Gasteiger partial charge in [-0.3, -0.25) is 0 Å². The Bertz CT molecular complexity index is 565. The number of sulfonamides is 1. The Morgan fingerprint density at radius 3 is 2.65 bits per heavy atom. The molecule has 0 aliphatic rings. The Kier molecular flexibility index (Phi) is 5.69. The van der Waals surface area contributed by atoms with Crippen molar-refractivity contribution in [2.45, 2.75) is 30.9 Å². The lowest BCUT2D eigenvalue weighted by molar-refractivity contribution is 0.0685. The Hall–Kier alpha value is -1.42. The molecule has 0 amide bonds. The Morgan fingerprint density at radius 2 is 2.15 bits per heavy atom. The van der Waals surface area contributed by atoms with Crippen molar-refractivity contribution in [3.63, 3.8) is 0 Å². The SMILES string of the molecule is CCCn1cc(S(=O)(=O)NCC(O)CO)cc1C(=O)O. The van der Waals surface area contributed by atoms with Crippen molar-refractivity contribution in [1.29, 1.82) is 0 Å². The van der Waals surface area contributed by atoms with Gasteiger partial charge in [0.2, 0.25) is 10.0 Å². The lowest BCUT2D eigenvalue weighted by Crippen LogP contribution is -2.33. The van der Waals surface area contributed by atoms with Crippen LogP contribution in [0.15, 0.2) is 17.2 Å². The van der Waals surface area contributed by atoms with Gasteiger partial charge in [0.05, 0.1) is 12.7 Å². The van der Waals surface area contributed by atoms with Crippen LogP contribution in [0.2, 0.25) is 0 Å². The summed E-state index contributed by atoms with van der Waals surface area (Å²) in [6, 6.07) is 1.06. The molecule has 0 radical (unpaired) electrons. The second-order valence-corrected chi connectivity index (χ2v) is 6.01. The molecule has 114 valence electrons. The van der Waals surface area contributed by atoms with E-state index in [0.29, 0.717) is 13.0 Å². The van der Waals surface area contributed by atoms with E-state index in [2.05, 4.69) is 4.72 Å².